The lowest BCUT2D eigenvalue weighted by molar-refractivity contribution is 0.112. The highest BCUT2D eigenvalue weighted by Gasteiger charge is 2.03. The molecule has 12 heavy (non-hydrogen) atoms. The van der Waals surface area contributed by atoms with E-state index in [1.807, 2.05) is 0 Å². The minimum Gasteiger partial charge on any atom is -0.464 e. The average Bonchev–Trinajstić information content (AvgIpc) is 2.46. The summed E-state index contributed by atoms with van der Waals surface area (Å²) < 4.78 is 5.11. The lowest BCUT2D eigenvalue weighted by atomic mass is 10.2. The van der Waals surface area contributed by atoms with Crippen molar-refractivity contribution in [2.24, 2.45) is 0 Å². The van der Waals surface area contributed by atoms with Gasteiger partial charge in [-0.25, -0.2) is 0 Å². The standard InChI is InChI=1S/C9H5ClO2/c10-7-1-2-8-6(4-11)5-12-9(8)3-7/h1-5H. The molecule has 0 atom stereocenters. The Morgan fingerprint density at radius 3 is 3.00 bits per heavy atom. The number of furan rings is 1. The summed E-state index contributed by atoms with van der Waals surface area (Å²) in [4.78, 5) is 10.5. The smallest absolute Gasteiger partial charge is 0.153 e. The molecule has 0 aliphatic heterocycles. The van der Waals surface area contributed by atoms with Gasteiger partial charge in [0.1, 0.15) is 11.8 Å². The Labute approximate surface area is 73.7 Å². The number of hydrogen-bond donors (Lipinski definition) is 0. The van der Waals surface area contributed by atoms with Gasteiger partial charge in [0, 0.05) is 16.5 Å². The second kappa shape index (κ2) is 2.64. The zero-order valence-electron chi connectivity index (χ0n) is 6.08. The Kier molecular flexibility index (Phi) is 1.62. The average molecular weight is 181 g/mol. The summed E-state index contributed by atoms with van der Waals surface area (Å²) in [5.41, 5.74) is 1.20. The lowest BCUT2D eigenvalue weighted by Gasteiger charge is -1.88. The van der Waals surface area contributed by atoms with Gasteiger partial charge in [0.05, 0.1) is 5.56 Å². The van der Waals surface area contributed by atoms with Crippen LogP contribution in [0.15, 0.2) is 28.9 Å². The van der Waals surface area contributed by atoms with Gasteiger partial charge in [0.25, 0.3) is 0 Å². The van der Waals surface area contributed by atoms with E-state index in [9.17, 15) is 4.79 Å². The quantitative estimate of drug-likeness (QED) is 0.632. The minimum absolute atomic E-state index is 0.557. The first kappa shape index (κ1) is 7.37. The summed E-state index contributed by atoms with van der Waals surface area (Å²) in [6, 6.07) is 5.18. The Hall–Kier alpha value is -1.28. The summed E-state index contributed by atoms with van der Waals surface area (Å²) in [5, 5.41) is 1.41. The van der Waals surface area contributed by atoms with Gasteiger partial charge in [-0.2, -0.15) is 0 Å². The van der Waals surface area contributed by atoms with Crippen molar-refractivity contribution >= 4 is 28.9 Å². The summed E-state index contributed by atoms with van der Waals surface area (Å²) in [6.07, 6.45) is 2.19. The largest absolute Gasteiger partial charge is 0.464 e. The molecule has 1 aromatic heterocycles. The maximum atomic E-state index is 10.5. The second-order valence-electron chi connectivity index (χ2n) is 2.45. The van der Waals surface area contributed by atoms with Crippen molar-refractivity contribution < 1.29 is 9.21 Å². The van der Waals surface area contributed by atoms with E-state index >= 15 is 0 Å². The highest BCUT2D eigenvalue weighted by molar-refractivity contribution is 6.31. The van der Waals surface area contributed by atoms with E-state index < -0.39 is 0 Å². The van der Waals surface area contributed by atoms with Crippen LogP contribution in [-0.4, -0.2) is 6.29 Å². The lowest BCUT2D eigenvalue weighted by Crippen LogP contribution is -1.73. The third-order valence-electron chi connectivity index (χ3n) is 1.69. The highest BCUT2D eigenvalue weighted by Crippen LogP contribution is 2.22. The molecule has 0 unspecified atom stereocenters. The van der Waals surface area contributed by atoms with Gasteiger partial charge in [-0.1, -0.05) is 11.6 Å². The van der Waals surface area contributed by atoms with Crippen molar-refractivity contribution in [3.63, 3.8) is 0 Å². The molecular weight excluding hydrogens is 176 g/mol. The van der Waals surface area contributed by atoms with E-state index in [4.69, 9.17) is 16.0 Å². The molecule has 3 heteroatoms. The van der Waals surface area contributed by atoms with Crippen LogP contribution >= 0.6 is 11.6 Å². The molecule has 2 rings (SSSR count). The van der Waals surface area contributed by atoms with Crippen molar-refractivity contribution in [2.45, 2.75) is 0 Å². The van der Waals surface area contributed by atoms with Gasteiger partial charge in [0.15, 0.2) is 6.29 Å². The van der Waals surface area contributed by atoms with Crippen LogP contribution < -0.4 is 0 Å². The summed E-state index contributed by atoms with van der Waals surface area (Å²) in [7, 11) is 0. The van der Waals surface area contributed by atoms with Gasteiger partial charge in [-0.15, -0.1) is 0 Å². The molecule has 2 aromatic rings. The van der Waals surface area contributed by atoms with Gasteiger partial charge < -0.3 is 4.42 Å². The molecule has 0 bridgehead atoms. The molecule has 0 radical (unpaired) electrons. The molecule has 0 spiro atoms. The molecule has 0 saturated heterocycles. The molecule has 0 aliphatic carbocycles. The second-order valence-corrected chi connectivity index (χ2v) is 2.89. The molecule has 0 fully saturated rings. The monoisotopic (exact) mass is 180 g/mol. The maximum absolute atomic E-state index is 10.5. The Balaban J connectivity index is 2.81. The van der Waals surface area contributed by atoms with Crippen LogP contribution in [0.25, 0.3) is 11.0 Å². The molecule has 0 saturated carbocycles. The van der Waals surface area contributed by atoms with E-state index in [0.29, 0.717) is 16.2 Å². The van der Waals surface area contributed by atoms with Crippen LogP contribution in [0.4, 0.5) is 0 Å². The predicted molar refractivity (Wildman–Crippen MR) is 46.6 cm³/mol. The van der Waals surface area contributed by atoms with Crippen molar-refractivity contribution in [1.29, 1.82) is 0 Å². The van der Waals surface area contributed by atoms with Gasteiger partial charge in [-0.3, -0.25) is 4.79 Å². The van der Waals surface area contributed by atoms with Crippen LogP contribution in [0.5, 0.6) is 0 Å². The van der Waals surface area contributed by atoms with Crippen molar-refractivity contribution in [3.8, 4) is 0 Å². The number of fused-ring (bicyclic) bond motifs is 1. The Morgan fingerprint density at radius 1 is 1.42 bits per heavy atom. The van der Waals surface area contributed by atoms with E-state index in [2.05, 4.69) is 0 Å². The van der Waals surface area contributed by atoms with Crippen LogP contribution in [0.3, 0.4) is 0 Å². The van der Waals surface area contributed by atoms with Crippen molar-refractivity contribution in [3.05, 3.63) is 35.0 Å². The molecule has 0 aliphatic rings. The summed E-state index contributed by atoms with van der Waals surface area (Å²) in [5.74, 6) is 0. The Bertz CT molecular complexity index is 431. The summed E-state index contributed by atoms with van der Waals surface area (Å²) in [6.45, 7) is 0. The first-order chi connectivity index (χ1) is 5.81. The van der Waals surface area contributed by atoms with Crippen molar-refractivity contribution in [1.82, 2.24) is 0 Å². The fraction of sp³-hybridized carbons (Fsp3) is 0. The SMILES string of the molecule is O=Cc1coc2cc(Cl)ccc12. The molecule has 0 amide bonds. The number of benzene rings is 1. The number of rotatable bonds is 1. The maximum Gasteiger partial charge on any atom is 0.153 e. The first-order valence-electron chi connectivity index (χ1n) is 3.43. The predicted octanol–water partition coefficient (Wildman–Crippen LogP) is 2.90. The van der Waals surface area contributed by atoms with Crippen LogP contribution in [0.2, 0.25) is 5.02 Å². The fourth-order valence-electron chi connectivity index (χ4n) is 1.11. The summed E-state index contributed by atoms with van der Waals surface area (Å²) >= 11 is 5.72. The van der Waals surface area contributed by atoms with Gasteiger partial charge in [-0.05, 0) is 12.1 Å². The zero-order valence-corrected chi connectivity index (χ0v) is 6.84. The number of aldehydes is 1. The Morgan fingerprint density at radius 2 is 2.25 bits per heavy atom. The molecule has 0 N–H and O–H groups in total. The van der Waals surface area contributed by atoms with Crippen LogP contribution in [-0.2, 0) is 0 Å². The minimum atomic E-state index is 0.557. The van der Waals surface area contributed by atoms with Crippen LogP contribution in [0.1, 0.15) is 10.4 Å². The van der Waals surface area contributed by atoms with Gasteiger partial charge >= 0.3 is 0 Å². The van der Waals surface area contributed by atoms with E-state index in [-0.39, 0.29) is 0 Å². The van der Waals surface area contributed by atoms with E-state index in [0.717, 1.165) is 11.7 Å². The topological polar surface area (TPSA) is 30.2 Å². The van der Waals surface area contributed by atoms with Gasteiger partial charge in [0.2, 0.25) is 0 Å². The number of halogens is 1. The third kappa shape index (κ3) is 1.01. The molecule has 1 aromatic carbocycles. The normalized spacial score (nSPS) is 10.4. The number of hydrogen-bond acceptors (Lipinski definition) is 2. The van der Waals surface area contributed by atoms with Crippen LogP contribution in [0, 0.1) is 0 Å². The molecule has 1 heterocycles. The first-order valence-corrected chi connectivity index (χ1v) is 3.81. The highest BCUT2D eigenvalue weighted by atomic mass is 35.5. The van der Waals surface area contributed by atoms with E-state index in [1.54, 1.807) is 18.2 Å². The zero-order chi connectivity index (χ0) is 8.55. The molecule has 60 valence electrons. The fourth-order valence-corrected chi connectivity index (χ4v) is 1.28. The molecule has 2 nitrogen and oxygen atoms in total. The van der Waals surface area contributed by atoms with Crippen molar-refractivity contribution in [2.75, 3.05) is 0 Å². The molecular formula is C9H5ClO2. The number of carbonyl (C=O) groups is 1. The third-order valence-corrected chi connectivity index (χ3v) is 1.93. The van der Waals surface area contributed by atoms with E-state index in [1.165, 1.54) is 6.26 Å². The number of carbonyl (C=O) groups excluding carboxylic acids is 1.